The summed E-state index contributed by atoms with van der Waals surface area (Å²) in [4.78, 5) is 0. The number of rotatable bonds is 5. The average molecular weight is 201 g/mol. The minimum Gasteiger partial charge on any atom is -0.362 e. The van der Waals surface area contributed by atoms with Gasteiger partial charge in [0.25, 0.3) is 0 Å². The van der Waals surface area contributed by atoms with Crippen molar-refractivity contribution in [2.75, 3.05) is 5.32 Å². The predicted molar refractivity (Wildman–Crippen MR) is 67.9 cm³/mol. The summed E-state index contributed by atoms with van der Waals surface area (Å²) in [5.41, 5.74) is 2.52. The maximum atomic E-state index is 3.23. The van der Waals surface area contributed by atoms with Crippen LogP contribution in [-0.4, -0.2) is 0 Å². The minimum absolute atomic E-state index is 1.09. The zero-order valence-electron chi connectivity index (χ0n) is 9.53. The molecule has 1 aromatic rings. The zero-order chi connectivity index (χ0) is 10.9. The van der Waals surface area contributed by atoms with E-state index in [2.05, 4.69) is 43.4 Å². The summed E-state index contributed by atoms with van der Waals surface area (Å²) in [6, 6.07) is 10.2. The van der Waals surface area contributed by atoms with Crippen LogP contribution in [0.3, 0.4) is 0 Å². The van der Waals surface area contributed by atoms with Gasteiger partial charge in [0.2, 0.25) is 0 Å². The van der Waals surface area contributed by atoms with Gasteiger partial charge in [0, 0.05) is 5.69 Å². The minimum atomic E-state index is 1.09. The first-order valence-electron chi connectivity index (χ1n) is 5.39. The van der Waals surface area contributed by atoms with Gasteiger partial charge in [-0.15, -0.1) is 0 Å². The molecule has 0 saturated heterocycles. The lowest BCUT2D eigenvalue weighted by Gasteiger charge is -1.98. The summed E-state index contributed by atoms with van der Waals surface area (Å²) in [5.74, 6) is 0. The maximum absolute atomic E-state index is 3.23. The highest BCUT2D eigenvalue weighted by molar-refractivity contribution is 5.44. The van der Waals surface area contributed by atoms with E-state index in [-0.39, 0.29) is 0 Å². The van der Waals surface area contributed by atoms with E-state index in [0.29, 0.717) is 0 Å². The molecule has 1 rings (SSSR count). The second-order valence-corrected chi connectivity index (χ2v) is 3.77. The number of benzene rings is 1. The molecule has 0 saturated carbocycles. The van der Waals surface area contributed by atoms with Crippen molar-refractivity contribution >= 4 is 5.69 Å². The van der Waals surface area contributed by atoms with Gasteiger partial charge in [0.15, 0.2) is 0 Å². The van der Waals surface area contributed by atoms with Gasteiger partial charge in [-0.2, -0.15) is 0 Å². The van der Waals surface area contributed by atoms with Crippen LogP contribution < -0.4 is 5.32 Å². The van der Waals surface area contributed by atoms with Gasteiger partial charge in [-0.05, 0) is 45.0 Å². The second-order valence-electron chi connectivity index (χ2n) is 3.77. The fourth-order valence-electron chi connectivity index (χ4n) is 1.24. The highest BCUT2D eigenvalue weighted by Crippen LogP contribution is 2.05. The van der Waals surface area contributed by atoms with E-state index in [1.165, 1.54) is 5.57 Å². The number of hydrogen-bond acceptors (Lipinski definition) is 1. The second kappa shape index (κ2) is 6.88. The third-order valence-electron chi connectivity index (χ3n) is 2.03. The number of anilines is 1. The number of para-hydroxylation sites is 1. The molecule has 0 aromatic heterocycles. The van der Waals surface area contributed by atoms with E-state index >= 15 is 0 Å². The van der Waals surface area contributed by atoms with Crippen LogP contribution in [0.5, 0.6) is 0 Å². The molecule has 1 nitrogen and oxygen atoms in total. The normalized spacial score (nSPS) is 10.3. The van der Waals surface area contributed by atoms with Gasteiger partial charge < -0.3 is 5.32 Å². The molecule has 1 N–H and O–H groups in total. The van der Waals surface area contributed by atoms with Gasteiger partial charge in [-0.1, -0.05) is 35.9 Å². The summed E-state index contributed by atoms with van der Waals surface area (Å²) < 4.78 is 0. The topological polar surface area (TPSA) is 12.0 Å². The van der Waals surface area contributed by atoms with E-state index in [0.717, 1.165) is 18.5 Å². The van der Waals surface area contributed by atoms with Crippen LogP contribution in [0.1, 0.15) is 26.7 Å². The molecule has 0 spiro atoms. The van der Waals surface area contributed by atoms with Crippen molar-refractivity contribution in [2.24, 2.45) is 0 Å². The fraction of sp³-hybridized carbons (Fsp3) is 0.286. The van der Waals surface area contributed by atoms with Gasteiger partial charge in [-0.25, -0.2) is 0 Å². The van der Waals surface area contributed by atoms with Gasteiger partial charge >= 0.3 is 0 Å². The molecule has 0 amide bonds. The number of nitrogens with one attached hydrogen (secondary N) is 1. The Labute approximate surface area is 92.5 Å². The summed E-state index contributed by atoms with van der Waals surface area (Å²) in [7, 11) is 0. The van der Waals surface area contributed by atoms with Crippen LogP contribution in [0.25, 0.3) is 0 Å². The smallest absolute Gasteiger partial charge is 0.0379 e. The van der Waals surface area contributed by atoms with Crippen LogP contribution in [0.15, 0.2) is 54.3 Å². The van der Waals surface area contributed by atoms with Crippen LogP contribution in [0.4, 0.5) is 5.69 Å². The first kappa shape index (κ1) is 11.6. The standard InChI is InChI=1S/C14H19N/c1-13(2)9-5-4-8-12-15-14-10-6-3-7-11-14/h3,6-12,15H,4-5H2,1-2H3/b12-8+. The van der Waals surface area contributed by atoms with Crippen molar-refractivity contribution in [3.05, 3.63) is 54.3 Å². The van der Waals surface area contributed by atoms with Crippen molar-refractivity contribution in [2.45, 2.75) is 26.7 Å². The number of unbranched alkanes of at least 4 members (excludes halogenated alkanes) is 1. The summed E-state index contributed by atoms with van der Waals surface area (Å²) >= 11 is 0. The average Bonchev–Trinajstić information content (AvgIpc) is 2.24. The molecule has 0 aliphatic carbocycles. The van der Waals surface area contributed by atoms with Gasteiger partial charge in [-0.3, -0.25) is 0 Å². The highest BCUT2D eigenvalue weighted by atomic mass is 14.8. The lowest BCUT2D eigenvalue weighted by atomic mass is 10.2. The van der Waals surface area contributed by atoms with Crippen LogP contribution in [-0.2, 0) is 0 Å². The highest BCUT2D eigenvalue weighted by Gasteiger charge is 1.83. The lowest BCUT2D eigenvalue weighted by molar-refractivity contribution is 1.03. The fourth-order valence-corrected chi connectivity index (χ4v) is 1.24. The lowest BCUT2D eigenvalue weighted by Crippen LogP contribution is -1.85. The van der Waals surface area contributed by atoms with E-state index in [4.69, 9.17) is 0 Å². The largest absolute Gasteiger partial charge is 0.362 e. The molecule has 0 unspecified atom stereocenters. The molecule has 0 bridgehead atoms. The molecule has 0 aliphatic heterocycles. The summed E-state index contributed by atoms with van der Waals surface area (Å²) in [6.07, 6.45) is 8.63. The van der Waals surface area contributed by atoms with Crippen molar-refractivity contribution < 1.29 is 0 Å². The molecule has 15 heavy (non-hydrogen) atoms. The van der Waals surface area contributed by atoms with E-state index in [1.54, 1.807) is 0 Å². The Morgan fingerprint density at radius 3 is 2.53 bits per heavy atom. The monoisotopic (exact) mass is 201 g/mol. The molecule has 0 radical (unpaired) electrons. The Balaban J connectivity index is 2.20. The molecule has 0 heterocycles. The molecular formula is C14H19N. The third-order valence-corrected chi connectivity index (χ3v) is 2.03. The first-order chi connectivity index (χ1) is 7.29. The van der Waals surface area contributed by atoms with Gasteiger partial charge in [0.1, 0.15) is 0 Å². The Hall–Kier alpha value is -1.50. The molecule has 0 fully saturated rings. The predicted octanol–water partition coefficient (Wildman–Crippen LogP) is 4.36. The zero-order valence-corrected chi connectivity index (χ0v) is 9.53. The van der Waals surface area contributed by atoms with Crippen molar-refractivity contribution in [1.29, 1.82) is 0 Å². The summed E-state index contributed by atoms with van der Waals surface area (Å²) in [6.45, 7) is 4.26. The van der Waals surface area contributed by atoms with Gasteiger partial charge in [0.05, 0.1) is 0 Å². The van der Waals surface area contributed by atoms with Crippen molar-refractivity contribution in [3.8, 4) is 0 Å². The van der Waals surface area contributed by atoms with E-state index < -0.39 is 0 Å². The van der Waals surface area contributed by atoms with Crippen molar-refractivity contribution in [1.82, 2.24) is 0 Å². The number of hydrogen-bond donors (Lipinski definition) is 1. The number of allylic oxidation sites excluding steroid dienone is 3. The maximum Gasteiger partial charge on any atom is 0.0379 e. The van der Waals surface area contributed by atoms with Crippen LogP contribution >= 0.6 is 0 Å². The van der Waals surface area contributed by atoms with E-state index in [1.807, 2.05) is 24.4 Å². The Bertz CT molecular complexity index is 318. The Morgan fingerprint density at radius 2 is 1.87 bits per heavy atom. The van der Waals surface area contributed by atoms with Crippen LogP contribution in [0.2, 0.25) is 0 Å². The van der Waals surface area contributed by atoms with Crippen LogP contribution in [0, 0.1) is 0 Å². The van der Waals surface area contributed by atoms with Crippen molar-refractivity contribution in [3.63, 3.8) is 0 Å². The SMILES string of the molecule is CC(C)=CCC/C=C/Nc1ccccc1. The summed E-state index contributed by atoms with van der Waals surface area (Å²) in [5, 5.41) is 3.23. The molecule has 0 atom stereocenters. The molecule has 0 aliphatic rings. The molecular weight excluding hydrogens is 182 g/mol. The van der Waals surface area contributed by atoms with E-state index in [9.17, 15) is 0 Å². The Morgan fingerprint density at radius 1 is 1.13 bits per heavy atom. The first-order valence-corrected chi connectivity index (χ1v) is 5.39. The quantitative estimate of drug-likeness (QED) is 0.551. The molecule has 80 valence electrons. The molecule has 1 heteroatoms. The molecule has 1 aromatic carbocycles. The Kier molecular flexibility index (Phi) is 5.31. The third kappa shape index (κ3) is 5.74.